The second kappa shape index (κ2) is 10.2. The van der Waals surface area contributed by atoms with Crippen LogP contribution in [0.5, 0.6) is 0 Å². The van der Waals surface area contributed by atoms with Gasteiger partial charge in [0.15, 0.2) is 0 Å². The molecule has 0 aliphatic carbocycles. The molecule has 0 aliphatic heterocycles. The molecule has 0 radical (unpaired) electrons. The van der Waals surface area contributed by atoms with Crippen molar-refractivity contribution in [3.05, 3.63) is 0 Å². The monoisotopic (exact) mass is 231 g/mol. The van der Waals surface area contributed by atoms with Crippen LogP contribution in [0.4, 0.5) is 0 Å². The van der Waals surface area contributed by atoms with E-state index < -0.39 is 5.91 Å². The number of hydrazine groups is 1. The first-order valence-electron chi connectivity index (χ1n) is 5.31. The molecule has 0 atom stereocenters. The van der Waals surface area contributed by atoms with Crippen molar-refractivity contribution < 1.29 is 9.53 Å². The molecule has 0 aliphatic rings. The Bertz CT molecular complexity index is 220. The van der Waals surface area contributed by atoms with Crippen LogP contribution in [0.1, 0.15) is 19.8 Å². The van der Waals surface area contributed by atoms with Gasteiger partial charge in [-0.15, -0.1) is 0 Å². The summed E-state index contributed by atoms with van der Waals surface area (Å²) in [6.45, 7) is 3.64. The van der Waals surface area contributed by atoms with Gasteiger partial charge in [-0.3, -0.25) is 15.2 Å². The van der Waals surface area contributed by atoms with Crippen molar-refractivity contribution in [1.82, 2.24) is 10.7 Å². The first kappa shape index (κ1) is 14.7. The van der Waals surface area contributed by atoms with Crippen LogP contribution < -0.4 is 22.3 Å². The molecule has 7 nitrogen and oxygen atoms in total. The van der Waals surface area contributed by atoms with E-state index in [1.165, 1.54) is 0 Å². The molecule has 16 heavy (non-hydrogen) atoms. The molecule has 0 rings (SSSR count). The number of nitrogens with two attached hydrogens (primary N) is 2. The molecule has 0 spiro atoms. The number of nitrogens with one attached hydrogen (secondary N) is 2. The molecule has 1 amide bonds. The van der Waals surface area contributed by atoms with Gasteiger partial charge in [-0.25, -0.2) is 5.84 Å². The lowest BCUT2D eigenvalue weighted by Crippen LogP contribution is -2.43. The number of primary amides is 1. The lowest BCUT2D eigenvalue weighted by molar-refractivity contribution is -0.122. The third-order valence-corrected chi connectivity index (χ3v) is 1.70. The molecular weight excluding hydrogens is 210 g/mol. The lowest BCUT2D eigenvalue weighted by Gasteiger charge is -2.08. The minimum atomic E-state index is -0.478. The van der Waals surface area contributed by atoms with Crippen molar-refractivity contribution in [2.45, 2.75) is 19.8 Å². The average molecular weight is 231 g/mol. The quantitative estimate of drug-likeness (QED) is 0.136. The minimum absolute atomic E-state index is 0.0694. The number of aliphatic imine (C=N–C) groups is 1. The van der Waals surface area contributed by atoms with Gasteiger partial charge in [0.25, 0.3) is 0 Å². The van der Waals surface area contributed by atoms with E-state index in [4.69, 9.17) is 16.3 Å². The van der Waals surface area contributed by atoms with Gasteiger partial charge in [-0.1, -0.05) is 13.3 Å². The number of guanidine groups is 1. The van der Waals surface area contributed by atoms with Crippen molar-refractivity contribution in [2.24, 2.45) is 16.6 Å². The Kier molecular flexibility index (Phi) is 9.33. The average Bonchev–Trinajstić information content (AvgIpc) is 2.26. The van der Waals surface area contributed by atoms with Gasteiger partial charge in [0.1, 0.15) is 6.61 Å². The van der Waals surface area contributed by atoms with Crippen molar-refractivity contribution in [3.8, 4) is 0 Å². The number of rotatable bonds is 8. The van der Waals surface area contributed by atoms with Crippen LogP contribution >= 0.6 is 0 Å². The summed E-state index contributed by atoms with van der Waals surface area (Å²) >= 11 is 0. The zero-order chi connectivity index (χ0) is 12.2. The number of hydrogen-bond donors (Lipinski definition) is 4. The molecule has 0 saturated carbocycles. The molecular formula is C9H21N5O2. The van der Waals surface area contributed by atoms with E-state index in [1.54, 1.807) is 0 Å². The molecule has 0 heterocycles. The Labute approximate surface area is 95.6 Å². The standard InChI is InChI=1S/C9H21N5O2/c1-2-3-4-12-9(14-11)13-5-6-16-7-8(10)15/h2-7,11H2,1H3,(H2,10,15)(H2,12,13,14). The predicted octanol–water partition coefficient (Wildman–Crippen LogP) is -1.30. The van der Waals surface area contributed by atoms with E-state index >= 15 is 0 Å². The molecule has 0 saturated heterocycles. The number of nitrogens with zero attached hydrogens (tertiary/aromatic N) is 1. The summed E-state index contributed by atoms with van der Waals surface area (Å²) in [6.07, 6.45) is 2.11. The second-order valence-corrected chi connectivity index (χ2v) is 3.17. The van der Waals surface area contributed by atoms with Crippen molar-refractivity contribution in [2.75, 3.05) is 26.3 Å². The number of hydrogen-bond acceptors (Lipinski definition) is 4. The number of unbranched alkanes of at least 4 members (excludes halogenated alkanes) is 1. The normalized spacial score (nSPS) is 11.2. The maximum absolute atomic E-state index is 10.3. The smallest absolute Gasteiger partial charge is 0.243 e. The summed E-state index contributed by atoms with van der Waals surface area (Å²) in [4.78, 5) is 14.5. The minimum Gasteiger partial charge on any atom is -0.370 e. The fourth-order valence-corrected chi connectivity index (χ4v) is 0.916. The van der Waals surface area contributed by atoms with E-state index in [0.29, 0.717) is 19.1 Å². The summed E-state index contributed by atoms with van der Waals surface area (Å²) in [6, 6.07) is 0. The summed E-state index contributed by atoms with van der Waals surface area (Å²) in [7, 11) is 0. The van der Waals surface area contributed by atoms with E-state index in [1.807, 2.05) is 0 Å². The van der Waals surface area contributed by atoms with Crippen molar-refractivity contribution in [1.29, 1.82) is 0 Å². The molecule has 0 aromatic carbocycles. The lowest BCUT2D eigenvalue weighted by atomic mass is 10.3. The summed E-state index contributed by atoms with van der Waals surface area (Å²) in [5.74, 6) is 5.31. The topological polar surface area (TPSA) is 115 Å². The van der Waals surface area contributed by atoms with Gasteiger partial charge in [0.05, 0.1) is 6.61 Å². The van der Waals surface area contributed by atoms with Crippen LogP contribution in [0.3, 0.4) is 0 Å². The third-order valence-electron chi connectivity index (χ3n) is 1.70. The zero-order valence-corrected chi connectivity index (χ0v) is 9.66. The Balaban J connectivity index is 3.54. The maximum atomic E-state index is 10.3. The van der Waals surface area contributed by atoms with Gasteiger partial charge >= 0.3 is 0 Å². The van der Waals surface area contributed by atoms with Crippen LogP contribution in [0.2, 0.25) is 0 Å². The Morgan fingerprint density at radius 1 is 1.50 bits per heavy atom. The number of carbonyl (C=O) groups is 1. The van der Waals surface area contributed by atoms with Crippen LogP contribution in [0.15, 0.2) is 4.99 Å². The Morgan fingerprint density at radius 3 is 2.81 bits per heavy atom. The molecule has 94 valence electrons. The SMILES string of the molecule is CCCCN=C(NN)NCCOCC(N)=O. The van der Waals surface area contributed by atoms with Gasteiger partial charge in [0.2, 0.25) is 11.9 Å². The van der Waals surface area contributed by atoms with Crippen LogP contribution in [0, 0.1) is 0 Å². The second-order valence-electron chi connectivity index (χ2n) is 3.17. The van der Waals surface area contributed by atoms with Crippen molar-refractivity contribution >= 4 is 11.9 Å². The molecule has 0 unspecified atom stereocenters. The van der Waals surface area contributed by atoms with Gasteiger partial charge < -0.3 is 15.8 Å². The van der Waals surface area contributed by atoms with E-state index in [9.17, 15) is 4.79 Å². The molecule has 0 aromatic heterocycles. The molecule has 6 N–H and O–H groups in total. The Hall–Kier alpha value is -1.34. The van der Waals surface area contributed by atoms with Gasteiger partial charge in [-0.2, -0.15) is 0 Å². The number of amides is 1. The highest BCUT2D eigenvalue weighted by Gasteiger charge is 1.96. The fourth-order valence-electron chi connectivity index (χ4n) is 0.916. The van der Waals surface area contributed by atoms with Crippen LogP contribution in [-0.2, 0) is 9.53 Å². The first-order chi connectivity index (χ1) is 7.70. The predicted molar refractivity (Wildman–Crippen MR) is 62.5 cm³/mol. The van der Waals surface area contributed by atoms with Crippen molar-refractivity contribution in [3.63, 3.8) is 0 Å². The fraction of sp³-hybridized carbons (Fsp3) is 0.778. The van der Waals surface area contributed by atoms with Crippen LogP contribution in [0.25, 0.3) is 0 Å². The number of carbonyl (C=O) groups excluding carboxylic acids is 1. The van der Waals surface area contributed by atoms with Gasteiger partial charge in [0, 0.05) is 13.1 Å². The highest BCUT2D eigenvalue weighted by Crippen LogP contribution is 1.86. The summed E-state index contributed by atoms with van der Waals surface area (Å²) < 4.78 is 4.95. The third kappa shape index (κ3) is 9.22. The molecule has 0 aromatic rings. The van der Waals surface area contributed by atoms with E-state index in [-0.39, 0.29) is 6.61 Å². The molecule has 0 fully saturated rings. The molecule has 0 bridgehead atoms. The Morgan fingerprint density at radius 2 is 2.25 bits per heavy atom. The zero-order valence-electron chi connectivity index (χ0n) is 9.66. The maximum Gasteiger partial charge on any atom is 0.243 e. The van der Waals surface area contributed by atoms with Gasteiger partial charge in [-0.05, 0) is 6.42 Å². The number of ether oxygens (including phenoxy) is 1. The highest BCUT2D eigenvalue weighted by molar-refractivity contribution is 5.79. The molecule has 7 heteroatoms. The van der Waals surface area contributed by atoms with E-state index in [2.05, 4.69) is 22.7 Å². The highest BCUT2D eigenvalue weighted by atomic mass is 16.5. The van der Waals surface area contributed by atoms with Crippen LogP contribution in [-0.4, -0.2) is 38.2 Å². The summed E-state index contributed by atoms with van der Waals surface area (Å²) in [5, 5.41) is 2.94. The largest absolute Gasteiger partial charge is 0.370 e. The summed E-state index contributed by atoms with van der Waals surface area (Å²) in [5.41, 5.74) is 7.35. The van der Waals surface area contributed by atoms with E-state index in [0.717, 1.165) is 19.4 Å². The first-order valence-corrected chi connectivity index (χ1v) is 5.31.